The van der Waals surface area contributed by atoms with Crippen LogP contribution in [0.3, 0.4) is 0 Å². The maximum atomic E-state index is 11.2. The summed E-state index contributed by atoms with van der Waals surface area (Å²) in [6.07, 6.45) is 0.653. The van der Waals surface area contributed by atoms with Crippen LogP contribution >= 0.6 is 0 Å². The second kappa shape index (κ2) is 6.93. The van der Waals surface area contributed by atoms with Crippen molar-refractivity contribution >= 4 is 15.8 Å². The van der Waals surface area contributed by atoms with Gasteiger partial charge in [-0.05, 0) is 13.3 Å². The van der Waals surface area contributed by atoms with Crippen LogP contribution < -0.4 is 5.32 Å². The van der Waals surface area contributed by atoms with Crippen molar-refractivity contribution in [2.45, 2.75) is 19.4 Å². The van der Waals surface area contributed by atoms with Gasteiger partial charge in [-0.25, -0.2) is 13.2 Å². The number of carbonyl (C=O) groups excluding carboxylic acids is 1. The van der Waals surface area contributed by atoms with Gasteiger partial charge in [-0.1, -0.05) is 0 Å². The average molecular weight is 265 g/mol. The zero-order valence-electron chi connectivity index (χ0n) is 9.98. The van der Waals surface area contributed by atoms with Gasteiger partial charge in [0, 0.05) is 12.6 Å². The third-order valence-electron chi connectivity index (χ3n) is 2.44. The number of ether oxygens (including phenoxy) is 2. The first-order valence-electron chi connectivity index (χ1n) is 5.70. The Kier molecular flexibility index (Phi) is 5.87. The second-order valence-electron chi connectivity index (χ2n) is 3.91. The Balaban J connectivity index is 2.00. The Morgan fingerprint density at radius 2 is 2.24 bits per heavy atom. The third-order valence-corrected chi connectivity index (χ3v) is 4.21. The zero-order valence-corrected chi connectivity index (χ0v) is 10.8. The maximum Gasteiger partial charge on any atom is 0.332 e. The molecule has 0 aromatic rings. The molecule has 1 fully saturated rings. The second-order valence-corrected chi connectivity index (χ2v) is 6.14. The lowest BCUT2D eigenvalue weighted by atomic mass is 10.3. The van der Waals surface area contributed by atoms with Crippen molar-refractivity contribution in [1.82, 2.24) is 5.32 Å². The van der Waals surface area contributed by atoms with E-state index in [1.54, 1.807) is 6.92 Å². The normalized spacial score (nSPS) is 22.5. The van der Waals surface area contributed by atoms with E-state index >= 15 is 0 Å². The Morgan fingerprint density at radius 1 is 1.47 bits per heavy atom. The molecule has 1 heterocycles. The first-order valence-corrected chi connectivity index (χ1v) is 7.53. The molecule has 1 aliphatic rings. The molecule has 1 aliphatic heterocycles. The van der Waals surface area contributed by atoms with Crippen LogP contribution in [0.1, 0.15) is 13.3 Å². The predicted molar refractivity (Wildman–Crippen MR) is 62.5 cm³/mol. The van der Waals surface area contributed by atoms with E-state index in [2.05, 4.69) is 10.1 Å². The molecule has 1 unspecified atom stereocenters. The fourth-order valence-corrected chi connectivity index (χ4v) is 3.36. The van der Waals surface area contributed by atoms with Gasteiger partial charge in [-0.3, -0.25) is 0 Å². The molecule has 7 heteroatoms. The van der Waals surface area contributed by atoms with E-state index in [0.717, 1.165) is 0 Å². The summed E-state index contributed by atoms with van der Waals surface area (Å²) in [5.41, 5.74) is 0. The van der Waals surface area contributed by atoms with Crippen LogP contribution in [-0.4, -0.2) is 58.3 Å². The van der Waals surface area contributed by atoms with Gasteiger partial charge in [0.2, 0.25) is 0 Å². The molecule has 17 heavy (non-hydrogen) atoms. The van der Waals surface area contributed by atoms with Crippen molar-refractivity contribution in [2.24, 2.45) is 0 Å². The zero-order chi connectivity index (χ0) is 12.7. The van der Waals surface area contributed by atoms with E-state index in [1.165, 1.54) is 0 Å². The SMILES string of the molecule is CCOC(=O)COCCNC1CCS(=O)(=O)C1. The van der Waals surface area contributed by atoms with E-state index in [0.29, 0.717) is 26.2 Å². The topological polar surface area (TPSA) is 81.7 Å². The standard InChI is InChI=1S/C10H19NO5S/c1-2-16-10(12)7-15-5-4-11-9-3-6-17(13,14)8-9/h9,11H,2-8H2,1H3. The van der Waals surface area contributed by atoms with E-state index in [4.69, 9.17) is 4.74 Å². The highest BCUT2D eigenvalue weighted by atomic mass is 32.2. The highest BCUT2D eigenvalue weighted by Gasteiger charge is 2.26. The molecule has 100 valence electrons. The van der Waals surface area contributed by atoms with Gasteiger partial charge in [0.05, 0.1) is 24.7 Å². The molecule has 0 spiro atoms. The van der Waals surface area contributed by atoms with Crippen molar-refractivity contribution in [1.29, 1.82) is 0 Å². The van der Waals surface area contributed by atoms with Gasteiger partial charge in [0.25, 0.3) is 0 Å². The number of carbonyl (C=O) groups is 1. The van der Waals surface area contributed by atoms with Crippen molar-refractivity contribution in [3.63, 3.8) is 0 Å². The van der Waals surface area contributed by atoms with Crippen LogP contribution in [0.25, 0.3) is 0 Å². The van der Waals surface area contributed by atoms with Gasteiger partial charge >= 0.3 is 5.97 Å². The first-order chi connectivity index (χ1) is 8.03. The minimum absolute atomic E-state index is 0.0196. The minimum atomic E-state index is -2.84. The average Bonchev–Trinajstić information content (AvgIpc) is 2.58. The van der Waals surface area contributed by atoms with Gasteiger partial charge < -0.3 is 14.8 Å². The summed E-state index contributed by atoms with van der Waals surface area (Å²) in [7, 11) is -2.84. The highest BCUT2D eigenvalue weighted by molar-refractivity contribution is 7.91. The number of sulfone groups is 1. The molecular formula is C10H19NO5S. The maximum absolute atomic E-state index is 11.2. The summed E-state index contributed by atoms with van der Waals surface area (Å²) in [5.74, 6) is 0.0788. The number of esters is 1. The highest BCUT2D eigenvalue weighted by Crippen LogP contribution is 2.10. The molecule has 0 aromatic carbocycles. The smallest absolute Gasteiger partial charge is 0.332 e. The van der Waals surface area contributed by atoms with Gasteiger partial charge in [0.15, 0.2) is 9.84 Å². The van der Waals surface area contributed by atoms with Crippen LogP contribution in [0.2, 0.25) is 0 Å². The monoisotopic (exact) mass is 265 g/mol. The molecule has 1 N–H and O–H groups in total. The van der Waals surface area contributed by atoms with Crippen molar-refractivity contribution in [3.05, 3.63) is 0 Å². The molecule has 0 bridgehead atoms. The number of hydrogen-bond acceptors (Lipinski definition) is 6. The molecule has 0 saturated carbocycles. The van der Waals surface area contributed by atoms with E-state index in [-0.39, 0.29) is 30.1 Å². The van der Waals surface area contributed by atoms with Gasteiger partial charge in [0.1, 0.15) is 6.61 Å². The van der Waals surface area contributed by atoms with Crippen LogP contribution in [0.4, 0.5) is 0 Å². The first kappa shape index (κ1) is 14.4. The fourth-order valence-electron chi connectivity index (χ4n) is 1.65. The Morgan fingerprint density at radius 3 is 2.82 bits per heavy atom. The summed E-state index contributed by atoms with van der Waals surface area (Å²) in [4.78, 5) is 10.9. The van der Waals surface area contributed by atoms with Crippen LogP contribution in [0.5, 0.6) is 0 Å². The summed E-state index contributed by atoms with van der Waals surface area (Å²) >= 11 is 0. The molecule has 1 atom stereocenters. The lowest BCUT2D eigenvalue weighted by Gasteiger charge is -2.10. The fraction of sp³-hybridized carbons (Fsp3) is 0.900. The van der Waals surface area contributed by atoms with Crippen molar-refractivity contribution < 1.29 is 22.7 Å². The number of hydrogen-bond donors (Lipinski definition) is 1. The van der Waals surface area contributed by atoms with Crippen molar-refractivity contribution in [3.8, 4) is 0 Å². The molecule has 0 aliphatic carbocycles. The predicted octanol–water partition coefficient (Wildman–Crippen LogP) is -0.657. The minimum Gasteiger partial charge on any atom is -0.464 e. The molecule has 0 radical (unpaired) electrons. The molecule has 1 saturated heterocycles. The molecule has 0 aromatic heterocycles. The van der Waals surface area contributed by atoms with Crippen LogP contribution in [-0.2, 0) is 24.1 Å². The van der Waals surface area contributed by atoms with Crippen LogP contribution in [0, 0.1) is 0 Å². The van der Waals surface area contributed by atoms with Crippen LogP contribution in [0.15, 0.2) is 0 Å². The number of rotatable bonds is 7. The molecule has 6 nitrogen and oxygen atoms in total. The summed E-state index contributed by atoms with van der Waals surface area (Å²) < 4.78 is 32.1. The lowest BCUT2D eigenvalue weighted by molar-refractivity contribution is -0.148. The van der Waals surface area contributed by atoms with Gasteiger partial charge in [-0.2, -0.15) is 0 Å². The molecular weight excluding hydrogens is 246 g/mol. The van der Waals surface area contributed by atoms with E-state index < -0.39 is 9.84 Å². The summed E-state index contributed by atoms with van der Waals surface area (Å²) in [6.45, 7) is 2.94. The Hall–Kier alpha value is -0.660. The number of nitrogens with one attached hydrogen (secondary N) is 1. The lowest BCUT2D eigenvalue weighted by Crippen LogP contribution is -2.33. The Bertz CT molecular complexity index is 341. The largest absolute Gasteiger partial charge is 0.464 e. The van der Waals surface area contributed by atoms with Crippen molar-refractivity contribution in [2.75, 3.05) is 37.9 Å². The summed E-state index contributed by atoms with van der Waals surface area (Å²) in [6, 6.07) is 0.0196. The van der Waals surface area contributed by atoms with E-state index in [1.807, 2.05) is 0 Å². The Labute approximate surface area is 102 Å². The van der Waals surface area contributed by atoms with E-state index in [9.17, 15) is 13.2 Å². The third kappa shape index (κ3) is 5.99. The molecule has 1 rings (SSSR count). The molecule has 0 amide bonds. The van der Waals surface area contributed by atoms with Gasteiger partial charge in [-0.15, -0.1) is 0 Å². The summed E-state index contributed by atoms with van der Waals surface area (Å²) in [5, 5.41) is 3.09. The quantitative estimate of drug-likeness (QED) is 0.486.